The molecule has 1 aromatic heterocycles. The first kappa shape index (κ1) is 26.0. The van der Waals surface area contributed by atoms with Crippen molar-refractivity contribution in [3.8, 4) is 5.75 Å². The minimum absolute atomic E-state index is 0.00336. The van der Waals surface area contributed by atoms with Crippen LogP contribution in [0.4, 0.5) is 0 Å². The van der Waals surface area contributed by atoms with Gasteiger partial charge in [-0.05, 0) is 47.4 Å². The molecule has 2 amide bonds. The summed E-state index contributed by atoms with van der Waals surface area (Å²) in [6, 6.07) is 18.8. The van der Waals surface area contributed by atoms with E-state index in [1.807, 2.05) is 39.0 Å². The van der Waals surface area contributed by atoms with Gasteiger partial charge in [0.25, 0.3) is 0 Å². The van der Waals surface area contributed by atoms with E-state index >= 15 is 0 Å². The predicted octanol–water partition coefficient (Wildman–Crippen LogP) is 3.29. The Morgan fingerprint density at radius 1 is 0.914 bits per heavy atom. The summed E-state index contributed by atoms with van der Waals surface area (Å²) >= 11 is 0. The molecule has 3 aromatic rings. The minimum atomic E-state index is -3.76. The third-order valence-corrected chi connectivity index (χ3v) is 6.48. The van der Waals surface area contributed by atoms with E-state index in [-0.39, 0.29) is 35.6 Å². The highest BCUT2D eigenvalue weighted by atomic mass is 32.2. The van der Waals surface area contributed by atoms with Crippen molar-refractivity contribution in [1.29, 1.82) is 0 Å². The minimum Gasteiger partial charge on any atom is -0.486 e. The topological polar surface area (TPSA) is 127 Å². The molecule has 9 nitrogen and oxygen atoms in total. The zero-order valence-electron chi connectivity index (χ0n) is 19.8. The van der Waals surface area contributed by atoms with Crippen LogP contribution >= 0.6 is 0 Å². The van der Waals surface area contributed by atoms with Crippen LogP contribution in [0.2, 0.25) is 0 Å². The molecule has 0 unspecified atom stereocenters. The van der Waals surface area contributed by atoms with Crippen LogP contribution in [0.1, 0.15) is 49.1 Å². The largest absolute Gasteiger partial charge is 0.486 e. The number of benzene rings is 2. The molecule has 0 atom stereocenters. The highest BCUT2D eigenvalue weighted by Crippen LogP contribution is 2.23. The number of nitrogens with one attached hydrogen (secondary N) is 3. The highest BCUT2D eigenvalue weighted by molar-refractivity contribution is 7.89. The molecule has 10 heteroatoms. The van der Waals surface area contributed by atoms with Gasteiger partial charge in [0, 0.05) is 13.0 Å². The summed E-state index contributed by atoms with van der Waals surface area (Å²) in [5.74, 6) is -0.113. The summed E-state index contributed by atoms with van der Waals surface area (Å²) in [5.41, 5.74) is 5.39. The fraction of sp³-hybridized carbons (Fsp3) is 0.280. The van der Waals surface area contributed by atoms with Gasteiger partial charge in [0.1, 0.15) is 18.1 Å². The number of para-hydroxylation sites is 1. The van der Waals surface area contributed by atoms with Crippen molar-refractivity contribution >= 4 is 21.8 Å². The van der Waals surface area contributed by atoms with Gasteiger partial charge in [0.2, 0.25) is 15.9 Å². The van der Waals surface area contributed by atoms with E-state index in [4.69, 9.17) is 9.15 Å². The van der Waals surface area contributed by atoms with Gasteiger partial charge in [-0.2, -0.15) is 0 Å². The standard InChI is InChI=1S/C25H29N3O6S/c1-25(2,3)18-9-12-21(13-10-18)35(31,32)26-16-15-23(29)27-28-24(30)22-14-11-20(34-22)17-33-19-7-5-4-6-8-19/h4-14,26H,15-17H2,1-3H3,(H,27,29)(H,28,30). The van der Waals surface area contributed by atoms with Crippen molar-refractivity contribution < 1.29 is 27.2 Å². The van der Waals surface area contributed by atoms with Gasteiger partial charge >= 0.3 is 5.91 Å². The maximum Gasteiger partial charge on any atom is 0.305 e. The van der Waals surface area contributed by atoms with Crippen LogP contribution in [0.5, 0.6) is 5.75 Å². The molecule has 0 spiro atoms. The number of amides is 2. The van der Waals surface area contributed by atoms with Gasteiger partial charge in [-0.3, -0.25) is 20.4 Å². The number of rotatable bonds is 9. The third-order valence-electron chi connectivity index (χ3n) is 5.00. The first-order valence-electron chi connectivity index (χ1n) is 11.0. The number of hydrogen-bond donors (Lipinski definition) is 3. The zero-order valence-corrected chi connectivity index (χ0v) is 20.6. The highest BCUT2D eigenvalue weighted by Gasteiger charge is 2.18. The Morgan fingerprint density at radius 2 is 1.60 bits per heavy atom. The van der Waals surface area contributed by atoms with Crippen LogP contribution in [-0.2, 0) is 26.8 Å². The molecule has 35 heavy (non-hydrogen) atoms. The molecule has 0 radical (unpaired) electrons. The quantitative estimate of drug-likeness (QED) is 0.388. The van der Waals surface area contributed by atoms with Crippen LogP contribution in [0.3, 0.4) is 0 Å². The molecule has 0 bridgehead atoms. The number of ether oxygens (including phenoxy) is 1. The summed E-state index contributed by atoms with van der Waals surface area (Å²) in [4.78, 5) is 24.3. The number of furan rings is 1. The van der Waals surface area contributed by atoms with Crippen LogP contribution < -0.4 is 20.3 Å². The lowest BCUT2D eigenvalue weighted by atomic mass is 9.87. The van der Waals surface area contributed by atoms with Crippen molar-refractivity contribution in [2.45, 2.75) is 44.1 Å². The summed E-state index contributed by atoms with van der Waals surface area (Å²) in [5, 5.41) is 0. The van der Waals surface area contributed by atoms with E-state index in [1.54, 1.807) is 30.3 Å². The van der Waals surface area contributed by atoms with Crippen molar-refractivity contribution in [3.05, 3.63) is 83.8 Å². The molecular weight excluding hydrogens is 470 g/mol. The van der Waals surface area contributed by atoms with Crippen molar-refractivity contribution in [3.63, 3.8) is 0 Å². The van der Waals surface area contributed by atoms with Gasteiger partial charge in [0.05, 0.1) is 4.90 Å². The Morgan fingerprint density at radius 3 is 2.26 bits per heavy atom. The number of carbonyl (C=O) groups excluding carboxylic acids is 2. The zero-order chi connectivity index (χ0) is 25.5. The SMILES string of the molecule is CC(C)(C)c1ccc(S(=O)(=O)NCCC(=O)NNC(=O)c2ccc(COc3ccccc3)o2)cc1. The maximum absolute atomic E-state index is 12.4. The lowest BCUT2D eigenvalue weighted by Gasteiger charge is -2.19. The molecule has 3 N–H and O–H groups in total. The molecule has 0 aliphatic rings. The average Bonchev–Trinajstić information content (AvgIpc) is 3.30. The summed E-state index contributed by atoms with van der Waals surface area (Å²) in [6.45, 7) is 6.13. The lowest BCUT2D eigenvalue weighted by Crippen LogP contribution is -2.42. The van der Waals surface area contributed by atoms with Gasteiger partial charge in [-0.1, -0.05) is 51.1 Å². The Kier molecular flexibility index (Phi) is 8.31. The predicted molar refractivity (Wildman–Crippen MR) is 130 cm³/mol. The van der Waals surface area contributed by atoms with Crippen LogP contribution in [0, 0.1) is 0 Å². The van der Waals surface area contributed by atoms with Gasteiger partial charge < -0.3 is 9.15 Å². The van der Waals surface area contributed by atoms with Gasteiger partial charge in [0.15, 0.2) is 5.76 Å². The molecule has 0 fully saturated rings. The summed E-state index contributed by atoms with van der Waals surface area (Å²) in [6.07, 6.45) is -0.173. The molecule has 0 saturated heterocycles. The van der Waals surface area contributed by atoms with Crippen molar-refractivity contribution in [2.24, 2.45) is 0 Å². The Hall–Kier alpha value is -3.63. The Bertz CT molecular complexity index is 1250. The second-order valence-corrected chi connectivity index (χ2v) is 10.6. The molecule has 1 heterocycles. The van der Waals surface area contributed by atoms with E-state index < -0.39 is 21.8 Å². The Labute approximate surface area is 204 Å². The van der Waals surface area contributed by atoms with Gasteiger partial charge in [-0.15, -0.1) is 0 Å². The average molecular weight is 500 g/mol. The molecule has 0 aliphatic heterocycles. The second-order valence-electron chi connectivity index (χ2n) is 8.79. The lowest BCUT2D eigenvalue weighted by molar-refractivity contribution is -0.121. The maximum atomic E-state index is 12.4. The van der Waals surface area contributed by atoms with E-state index in [2.05, 4.69) is 15.6 Å². The number of sulfonamides is 1. The summed E-state index contributed by atoms with van der Waals surface area (Å²) in [7, 11) is -3.76. The fourth-order valence-electron chi connectivity index (χ4n) is 3.02. The smallest absolute Gasteiger partial charge is 0.305 e. The number of carbonyl (C=O) groups is 2. The molecule has 0 saturated carbocycles. The van der Waals surface area contributed by atoms with Crippen molar-refractivity contribution in [1.82, 2.24) is 15.6 Å². The number of hydrogen-bond acceptors (Lipinski definition) is 6. The van der Waals surface area contributed by atoms with Crippen LogP contribution in [-0.4, -0.2) is 26.8 Å². The molecule has 186 valence electrons. The van der Waals surface area contributed by atoms with E-state index in [0.717, 1.165) is 5.56 Å². The van der Waals surface area contributed by atoms with Crippen LogP contribution in [0.25, 0.3) is 0 Å². The van der Waals surface area contributed by atoms with E-state index in [1.165, 1.54) is 18.2 Å². The molecule has 0 aliphatic carbocycles. The molecule has 3 rings (SSSR count). The Balaban J connectivity index is 1.41. The molecular formula is C25H29N3O6S. The fourth-order valence-corrected chi connectivity index (χ4v) is 4.05. The summed E-state index contributed by atoms with van der Waals surface area (Å²) < 4.78 is 38.2. The van der Waals surface area contributed by atoms with Crippen molar-refractivity contribution in [2.75, 3.05) is 6.54 Å². The monoisotopic (exact) mass is 499 g/mol. The third kappa shape index (κ3) is 7.69. The normalized spacial score (nSPS) is 11.6. The number of hydrazine groups is 1. The molecule has 2 aromatic carbocycles. The first-order valence-corrected chi connectivity index (χ1v) is 12.5. The van der Waals surface area contributed by atoms with Crippen LogP contribution in [0.15, 0.2) is 76.0 Å². The van der Waals surface area contributed by atoms with E-state index in [0.29, 0.717) is 11.5 Å². The second kappa shape index (κ2) is 11.2. The first-order chi connectivity index (χ1) is 16.5. The van der Waals surface area contributed by atoms with E-state index in [9.17, 15) is 18.0 Å². The van der Waals surface area contributed by atoms with Gasteiger partial charge in [-0.25, -0.2) is 13.1 Å².